The quantitative estimate of drug-likeness (QED) is 0.245. The minimum Gasteiger partial charge on any atom is -0.618 e. The van der Waals surface area contributed by atoms with Crippen molar-refractivity contribution in [1.29, 1.82) is 0 Å². The zero-order valence-electron chi connectivity index (χ0n) is 16.3. The molecule has 3 rings (SSSR count). The van der Waals surface area contributed by atoms with Gasteiger partial charge in [0.25, 0.3) is 17.1 Å². The summed E-state index contributed by atoms with van der Waals surface area (Å²) < 4.78 is 0.793. The predicted molar refractivity (Wildman–Crippen MR) is 109 cm³/mol. The van der Waals surface area contributed by atoms with Crippen LogP contribution in [0.25, 0.3) is 0 Å². The molecule has 15 heteroatoms. The molecule has 0 bridgehead atoms. The van der Waals surface area contributed by atoms with Crippen molar-refractivity contribution in [2.45, 2.75) is 6.42 Å². The van der Waals surface area contributed by atoms with Crippen molar-refractivity contribution in [2.24, 2.45) is 0 Å². The Hall–Kier alpha value is -5.21. The summed E-state index contributed by atoms with van der Waals surface area (Å²) in [5.74, 6) is -1.21. The van der Waals surface area contributed by atoms with Gasteiger partial charge in [-0.25, -0.2) is 0 Å². The molecule has 170 valence electrons. The fraction of sp³-hybridized carbons (Fsp3) is 0.0556. The van der Waals surface area contributed by atoms with Gasteiger partial charge in [-0.2, -0.15) is 4.73 Å². The Labute approximate surface area is 183 Å². The third-order valence-electron chi connectivity index (χ3n) is 4.10. The number of nitro groups is 4. The first-order valence-electron chi connectivity index (χ1n) is 8.71. The molecule has 0 unspecified atom stereocenters. The minimum atomic E-state index is -1.21. The highest BCUT2D eigenvalue weighted by atomic mass is 16.6. The molecular weight excluding hydrogens is 446 g/mol. The maximum Gasteiger partial charge on any atom is 0.324 e. The molecule has 15 nitrogen and oxygen atoms in total. The van der Waals surface area contributed by atoms with Gasteiger partial charge in [-0.05, 0) is 5.56 Å². The number of benzene rings is 2. The highest BCUT2D eigenvalue weighted by Gasteiger charge is 2.30. The van der Waals surface area contributed by atoms with Crippen molar-refractivity contribution in [3.05, 3.63) is 118 Å². The van der Waals surface area contributed by atoms with Crippen molar-refractivity contribution < 1.29 is 29.5 Å². The standard InChI is InChI=1S/C12H10N2O3.C6H3N3O7/c15-13-8-2-1-3-12(13)9-10-4-6-11(7-5-10)14(16)17;10-6-4(8(13)14)1-3(7(11)12)2-5(6)9(15)16/h1-8H,9H2;1-2,10H. The summed E-state index contributed by atoms with van der Waals surface area (Å²) in [7, 11) is 0. The summed E-state index contributed by atoms with van der Waals surface area (Å²) >= 11 is 0. The molecule has 0 saturated heterocycles. The van der Waals surface area contributed by atoms with Crippen LogP contribution in [0.15, 0.2) is 60.8 Å². The molecule has 0 atom stereocenters. The van der Waals surface area contributed by atoms with Gasteiger partial charge in [-0.15, -0.1) is 0 Å². The van der Waals surface area contributed by atoms with E-state index in [-0.39, 0.29) is 5.69 Å². The van der Waals surface area contributed by atoms with Crippen LogP contribution < -0.4 is 4.73 Å². The average molecular weight is 459 g/mol. The van der Waals surface area contributed by atoms with Crippen LogP contribution in [0.2, 0.25) is 0 Å². The molecular formula is C18H13N5O10. The molecule has 0 fully saturated rings. The van der Waals surface area contributed by atoms with Crippen molar-refractivity contribution in [1.82, 2.24) is 0 Å². The van der Waals surface area contributed by atoms with E-state index in [0.717, 1.165) is 10.3 Å². The lowest BCUT2D eigenvalue weighted by Crippen LogP contribution is -2.30. The smallest absolute Gasteiger partial charge is 0.324 e. The van der Waals surface area contributed by atoms with Gasteiger partial charge in [0.2, 0.25) is 0 Å². The molecule has 1 N–H and O–H groups in total. The largest absolute Gasteiger partial charge is 0.618 e. The number of non-ortho nitro benzene ring substituents is 2. The van der Waals surface area contributed by atoms with Gasteiger partial charge < -0.3 is 10.3 Å². The Balaban J connectivity index is 0.000000234. The lowest BCUT2D eigenvalue weighted by Gasteiger charge is -2.03. The maximum atomic E-state index is 11.4. The number of hydrogen-bond acceptors (Lipinski definition) is 10. The van der Waals surface area contributed by atoms with Gasteiger partial charge in [0.15, 0.2) is 11.9 Å². The number of phenols is 1. The zero-order chi connectivity index (χ0) is 24.7. The predicted octanol–water partition coefficient (Wildman–Crippen LogP) is 2.94. The van der Waals surface area contributed by atoms with E-state index < -0.39 is 42.5 Å². The number of aromatic nitrogens is 1. The van der Waals surface area contributed by atoms with Gasteiger partial charge >= 0.3 is 11.4 Å². The van der Waals surface area contributed by atoms with Crippen molar-refractivity contribution in [2.75, 3.05) is 0 Å². The molecule has 1 heterocycles. The van der Waals surface area contributed by atoms with E-state index in [1.807, 2.05) is 0 Å². The first-order valence-corrected chi connectivity index (χ1v) is 8.71. The van der Waals surface area contributed by atoms with Crippen LogP contribution in [0.4, 0.5) is 22.7 Å². The molecule has 3 aromatic rings. The number of pyridine rings is 1. The third-order valence-corrected chi connectivity index (χ3v) is 4.10. The number of nitro benzene ring substituents is 4. The van der Waals surface area contributed by atoms with Gasteiger partial charge in [0.05, 0.1) is 38.2 Å². The molecule has 0 radical (unpaired) electrons. The third kappa shape index (κ3) is 6.14. The van der Waals surface area contributed by atoms with Crippen LogP contribution in [0.3, 0.4) is 0 Å². The number of nitrogens with zero attached hydrogens (tertiary/aromatic N) is 5. The molecule has 0 spiro atoms. The summed E-state index contributed by atoms with van der Waals surface area (Å²) in [6.07, 6.45) is 1.89. The van der Waals surface area contributed by atoms with E-state index in [0.29, 0.717) is 24.2 Å². The zero-order valence-corrected chi connectivity index (χ0v) is 16.3. The number of rotatable bonds is 6. The van der Waals surface area contributed by atoms with Crippen molar-refractivity contribution in [3.8, 4) is 5.75 Å². The number of aromatic hydroxyl groups is 1. The Bertz CT molecular complexity index is 1190. The van der Waals surface area contributed by atoms with Gasteiger partial charge in [0.1, 0.15) is 0 Å². The average Bonchev–Trinajstić information content (AvgIpc) is 2.75. The molecule has 0 aliphatic rings. The van der Waals surface area contributed by atoms with Gasteiger partial charge in [0, 0.05) is 24.3 Å². The van der Waals surface area contributed by atoms with Gasteiger partial charge in [-0.3, -0.25) is 40.5 Å². The second-order valence-corrected chi connectivity index (χ2v) is 6.22. The van der Waals surface area contributed by atoms with Crippen molar-refractivity contribution in [3.63, 3.8) is 0 Å². The molecule has 2 aromatic carbocycles. The minimum absolute atomic E-state index is 0.0526. The van der Waals surface area contributed by atoms with Gasteiger partial charge in [-0.1, -0.05) is 18.2 Å². The molecule has 0 aliphatic heterocycles. The summed E-state index contributed by atoms with van der Waals surface area (Å²) in [4.78, 5) is 37.8. The molecule has 1 aromatic heterocycles. The monoisotopic (exact) mass is 459 g/mol. The lowest BCUT2D eigenvalue weighted by molar-refractivity contribution is -0.613. The summed E-state index contributed by atoms with van der Waals surface area (Å²) in [5.41, 5.74) is -1.47. The van der Waals surface area contributed by atoms with Crippen LogP contribution >= 0.6 is 0 Å². The van der Waals surface area contributed by atoms with E-state index in [4.69, 9.17) is 5.11 Å². The SMILES string of the molecule is O=[N+]([O-])c1cc([N+](=O)[O-])c(O)c([N+](=O)[O-])c1.O=[N+]([O-])c1ccc(Cc2cccc[n+]2[O-])cc1. The fourth-order valence-corrected chi connectivity index (χ4v) is 2.52. The Morgan fingerprint density at radius 3 is 1.67 bits per heavy atom. The first kappa shape index (κ1) is 24.1. The normalized spacial score (nSPS) is 9.94. The Morgan fingerprint density at radius 2 is 1.24 bits per heavy atom. The van der Waals surface area contributed by atoms with Crippen LogP contribution in [-0.2, 0) is 6.42 Å². The fourth-order valence-electron chi connectivity index (χ4n) is 2.52. The van der Waals surface area contributed by atoms with Crippen LogP contribution in [0.1, 0.15) is 11.3 Å². The van der Waals surface area contributed by atoms with Crippen molar-refractivity contribution >= 4 is 22.7 Å². The van der Waals surface area contributed by atoms with Crippen LogP contribution in [0.5, 0.6) is 5.75 Å². The molecule has 0 aliphatic carbocycles. The van der Waals surface area contributed by atoms with E-state index in [2.05, 4.69) is 0 Å². The Morgan fingerprint density at radius 1 is 0.727 bits per heavy atom. The van der Waals surface area contributed by atoms with E-state index in [1.54, 1.807) is 30.3 Å². The lowest BCUT2D eigenvalue weighted by atomic mass is 10.1. The maximum absolute atomic E-state index is 11.4. The summed E-state index contributed by atoms with van der Waals surface area (Å²) in [6.45, 7) is 0. The highest BCUT2D eigenvalue weighted by Crippen LogP contribution is 2.38. The Kier molecular flexibility index (Phi) is 7.44. The van der Waals surface area contributed by atoms with Crippen LogP contribution in [-0.4, -0.2) is 24.8 Å². The summed E-state index contributed by atoms with van der Waals surface area (Å²) in [5, 5.41) is 62.1. The molecule has 0 amide bonds. The molecule has 33 heavy (non-hydrogen) atoms. The second kappa shape index (κ2) is 10.2. The van der Waals surface area contributed by atoms with E-state index >= 15 is 0 Å². The highest BCUT2D eigenvalue weighted by molar-refractivity contribution is 5.64. The topological polar surface area (TPSA) is 220 Å². The van der Waals surface area contributed by atoms with Crippen LogP contribution in [0, 0.1) is 45.7 Å². The number of phenolic OH excluding ortho intramolecular Hbond substituents is 1. The molecule has 0 saturated carbocycles. The summed E-state index contributed by atoms with van der Waals surface area (Å²) in [6, 6.07) is 12.3. The van der Waals surface area contributed by atoms with E-state index in [9.17, 15) is 45.7 Å². The second-order valence-electron chi connectivity index (χ2n) is 6.22. The number of hydrogen-bond donors (Lipinski definition) is 1. The van der Waals surface area contributed by atoms with E-state index in [1.165, 1.54) is 18.3 Å². The first-order chi connectivity index (χ1) is 15.5.